The number of urea groups is 1. The molecule has 2 aromatic carbocycles. The molecule has 0 aromatic heterocycles. The highest BCUT2D eigenvalue weighted by molar-refractivity contribution is 5.96. The average Bonchev–Trinajstić information content (AvgIpc) is 2.61. The van der Waals surface area contributed by atoms with Gasteiger partial charge < -0.3 is 10.6 Å². The maximum atomic E-state index is 12.5. The molecule has 0 aliphatic rings. The third-order valence-electron chi connectivity index (χ3n) is 4.09. The molecule has 4 N–H and O–H groups in total. The smallest absolute Gasteiger partial charge is 0.321 e. The second kappa shape index (κ2) is 9.59. The van der Waals surface area contributed by atoms with E-state index in [1.807, 2.05) is 54.7 Å². The van der Waals surface area contributed by atoms with Crippen molar-refractivity contribution in [1.82, 2.24) is 10.6 Å². The Hall–Kier alpha value is -2.66. The normalized spacial score (nSPS) is 11.6. The van der Waals surface area contributed by atoms with Crippen LogP contribution in [0.5, 0.6) is 0 Å². The molecule has 0 unspecified atom stereocenters. The number of aryl methyl sites for hydroxylation is 1. The second-order valence-electron chi connectivity index (χ2n) is 5.94. The van der Waals surface area contributed by atoms with E-state index in [0.717, 1.165) is 18.5 Å². The minimum Gasteiger partial charge on any atom is -0.338 e. The zero-order chi connectivity index (χ0) is 18.1. The van der Waals surface area contributed by atoms with E-state index in [-0.39, 0.29) is 5.91 Å². The molecule has 0 fully saturated rings. The molecule has 0 saturated heterocycles. The van der Waals surface area contributed by atoms with Crippen molar-refractivity contribution in [3.63, 3.8) is 0 Å². The molecule has 3 amide bonds. The van der Waals surface area contributed by atoms with Gasteiger partial charge in [0.2, 0.25) is 0 Å². The predicted octanol–water partition coefficient (Wildman–Crippen LogP) is 1.69. The third-order valence-corrected chi connectivity index (χ3v) is 4.09. The fourth-order valence-corrected chi connectivity index (χ4v) is 2.75. The van der Waals surface area contributed by atoms with Gasteiger partial charge in [0, 0.05) is 18.5 Å². The summed E-state index contributed by atoms with van der Waals surface area (Å²) in [4.78, 5) is 24.2. The van der Waals surface area contributed by atoms with E-state index in [4.69, 9.17) is 0 Å². The number of hydrogen-bond donors (Lipinski definition) is 3. The van der Waals surface area contributed by atoms with Crippen molar-refractivity contribution < 1.29 is 14.9 Å². The van der Waals surface area contributed by atoms with E-state index in [1.54, 1.807) is 0 Å². The average molecular weight is 340 g/mol. The van der Waals surface area contributed by atoms with Gasteiger partial charge >= 0.3 is 6.03 Å². The Kier molecular flexibility index (Phi) is 7.16. The minimum atomic E-state index is -0.458. The molecule has 0 bridgehead atoms. The Labute approximate surface area is 148 Å². The van der Waals surface area contributed by atoms with Crippen molar-refractivity contribution in [2.75, 3.05) is 13.1 Å². The Morgan fingerprint density at radius 1 is 1.04 bits per heavy atom. The first kappa shape index (κ1) is 18.7. The first-order chi connectivity index (χ1) is 12.1. The summed E-state index contributed by atoms with van der Waals surface area (Å²) in [6.07, 6.45) is 0.866. The molecule has 0 radical (unpaired) electrons. The second-order valence-corrected chi connectivity index (χ2v) is 5.94. The van der Waals surface area contributed by atoms with Gasteiger partial charge in [-0.1, -0.05) is 54.6 Å². The van der Waals surface area contributed by atoms with Gasteiger partial charge in [0.05, 0.1) is 6.54 Å². The minimum absolute atomic E-state index is 0.304. The van der Waals surface area contributed by atoms with Crippen molar-refractivity contribution in [3.8, 4) is 0 Å². The molecule has 5 nitrogen and oxygen atoms in total. The van der Waals surface area contributed by atoms with Crippen molar-refractivity contribution in [2.24, 2.45) is 0 Å². The van der Waals surface area contributed by atoms with Crippen molar-refractivity contribution in [2.45, 2.75) is 26.3 Å². The summed E-state index contributed by atoms with van der Waals surface area (Å²) in [5.41, 5.74) is 3.41. The van der Waals surface area contributed by atoms with Crippen LogP contribution in [0.15, 0.2) is 54.6 Å². The summed E-state index contributed by atoms with van der Waals surface area (Å²) >= 11 is 0. The van der Waals surface area contributed by atoms with Gasteiger partial charge in [0.1, 0.15) is 0 Å². The molecule has 2 aromatic rings. The Bertz CT molecular complexity index is 701. The number of nitrogens with two attached hydrogens (primary N) is 1. The molecule has 132 valence electrons. The van der Waals surface area contributed by atoms with Crippen LogP contribution in [0.25, 0.3) is 0 Å². The maximum Gasteiger partial charge on any atom is 0.321 e. The molecular formula is C20H26N3O2+. The molecule has 0 aliphatic carbocycles. The maximum absolute atomic E-state index is 12.5. The van der Waals surface area contributed by atoms with Gasteiger partial charge in [-0.05, 0) is 25.0 Å². The van der Waals surface area contributed by atoms with Crippen molar-refractivity contribution >= 4 is 11.9 Å². The molecule has 0 aliphatic heterocycles. The molecule has 25 heavy (non-hydrogen) atoms. The molecule has 1 atom stereocenters. The van der Waals surface area contributed by atoms with Crippen molar-refractivity contribution in [3.05, 3.63) is 71.3 Å². The highest BCUT2D eigenvalue weighted by Crippen LogP contribution is 2.09. The Balaban J connectivity index is 2.03. The number of carbonyl (C=O) groups is 2. The van der Waals surface area contributed by atoms with E-state index < -0.39 is 12.1 Å². The van der Waals surface area contributed by atoms with Crippen LogP contribution in [0, 0.1) is 6.92 Å². The lowest BCUT2D eigenvalue weighted by atomic mass is 10.0. The van der Waals surface area contributed by atoms with E-state index in [0.29, 0.717) is 6.54 Å². The van der Waals surface area contributed by atoms with Crippen LogP contribution in [0.1, 0.15) is 29.7 Å². The summed E-state index contributed by atoms with van der Waals surface area (Å²) in [5, 5.41) is 6.99. The molecule has 0 spiro atoms. The Morgan fingerprint density at radius 3 is 2.40 bits per heavy atom. The molecule has 5 heteroatoms. The number of quaternary nitrogens is 1. The fraction of sp³-hybridized carbons (Fsp3) is 0.300. The third kappa shape index (κ3) is 5.72. The van der Waals surface area contributed by atoms with E-state index in [2.05, 4.69) is 29.7 Å². The van der Waals surface area contributed by atoms with Gasteiger partial charge in [-0.3, -0.25) is 10.1 Å². The van der Waals surface area contributed by atoms with E-state index in [9.17, 15) is 9.59 Å². The number of amides is 3. The van der Waals surface area contributed by atoms with E-state index >= 15 is 0 Å². The van der Waals surface area contributed by atoms with Gasteiger partial charge in [0.25, 0.3) is 5.91 Å². The SMILES string of the molecule is CCNC(=O)NC(=O)[C@@H]([NH2+]CCc1ccccc1C)c1ccccc1. The monoisotopic (exact) mass is 340 g/mol. The van der Waals surface area contributed by atoms with Gasteiger partial charge in [-0.25, -0.2) is 4.79 Å². The quantitative estimate of drug-likeness (QED) is 0.717. The standard InChI is InChI=1S/C20H25N3O2/c1-3-21-20(25)23-19(24)18(17-11-5-4-6-12-17)22-14-13-16-10-8-7-9-15(16)2/h4-12,18,22H,3,13-14H2,1-2H3,(H2,21,23,24,25)/p+1/t18-/m0/s1. The van der Waals surface area contributed by atoms with Crippen LogP contribution in [-0.4, -0.2) is 25.0 Å². The molecule has 0 heterocycles. The Morgan fingerprint density at radius 2 is 1.72 bits per heavy atom. The molecule has 2 rings (SSSR count). The zero-order valence-electron chi connectivity index (χ0n) is 14.8. The van der Waals surface area contributed by atoms with E-state index in [1.165, 1.54) is 11.1 Å². The first-order valence-electron chi connectivity index (χ1n) is 8.63. The van der Waals surface area contributed by atoms with Crippen molar-refractivity contribution in [1.29, 1.82) is 0 Å². The summed E-state index contributed by atoms with van der Waals surface area (Å²) < 4.78 is 0. The van der Waals surface area contributed by atoms with Crippen LogP contribution >= 0.6 is 0 Å². The topological polar surface area (TPSA) is 74.8 Å². The number of benzene rings is 2. The number of hydrogen-bond acceptors (Lipinski definition) is 2. The summed E-state index contributed by atoms with van der Waals surface area (Å²) in [6.45, 7) is 5.14. The van der Waals surface area contributed by atoms with Crippen LogP contribution in [0.2, 0.25) is 0 Å². The number of rotatable bonds is 7. The van der Waals surface area contributed by atoms with Crippen LogP contribution in [0.3, 0.4) is 0 Å². The number of carbonyl (C=O) groups excluding carboxylic acids is 2. The van der Waals surface area contributed by atoms with Crippen LogP contribution in [-0.2, 0) is 11.2 Å². The molecule has 0 saturated carbocycles. The lowest BCUT2D eigenvalue weighted by Gasteiger charge is -2.16. The van der Waals surface area contributed by atoms with Crippen LogP contribution < -0.4 is 16.0 Å². The van der Waals surface area contributed by atoms with Gasteiger partial charge in [-0.2, -0.15) is 0 Å². The molecular weight excluding hydrogens is 314 g/mol. The largest absolute Gasteiger partial charge is 0.338 e. The first-order valence-corrected chi connectivity index (χ1v) is 8.63. The lowest BCUT2D eigenvalue weighted by Crippen LogP contribution is -2.88. The van der Waals surface area contributed by atoms with Gasteiger partial charge in [-0.15, -0.1) is 0 Å². The number of nitrogens with one attached hydrogen (secondary N) is 2. The highest BCUT2D eigenvalue weighted by Gasteiger charge is 2.25. The fourth-order valence-electron chi connectivity index (χ4n) is 2.75. The predicted molar refractivity (Wildman–Crippen MR) is 98.1 cm³/mol. The number of imide groups is 1. The van der Waals surface area contributed by atoms with Crippen LogP contribution in [0.4, 0.5) is 4.79 Å². The summed E-state index contributed by atoms with van der Waals surface area (Å²) in [6, 6.07) is 16.9. The highest BCUT2D eigenvalue weighted by atomic mass is 16.2. The summed E-state index contributed by atoms with van der Waals surface area (Å²) in [5.74, 6) is -0.304. The summed E-state index contributed by atoms with van der Waals surface area (Å²) in [7, 11) is 0. The zero-order valence-corrected chi connectivity index (χ0v) is 14.8. The lowest BCUT2D eigenvalue weighted by molar-refractivity contribution is -0.682. The van der Waals surface area contributed by atoms with Gasteiger partial charge in [0.15, 0.2) is 6.04 Å².